The fraction of sp³-hybridized carbons (Fsp3) is 0.417. The van der Waals surface area contributed by atoms with Gasteiger partial charge in [-0.2, -0.15) is 0 Å². The fourth-order valence-corrected chi connectivity index (χ4v) is 2.41. The van der Waals surface area contributed by atoms with Gasteiger partial charge in [0.2, 0.25) is 0 Å². The maximum absolute atomic E-state index is 10.8. The summed E-state index contributed by atoms with van der Waals surface area (Å²) in [4.78, 5) is 10.8. The standard InChI is InChI=1S/C12H15BrO2/c1-8-4-5-10(13)9(6-8)12(2,3)7-11(14)15/h4-6H,7H2,1-3H3,(H,14,15). The van der Waals surface area contributed by atoms with Crippen LogP contribution >= 0.6 is 15.9 Å². The maximum Gasteiger partial charge on any atom is 0.304 e. The monoisotopic (exact) mass is 270 g/mol. The number of carbonyl (C=O) groups is 1. The Kier molecular flexibility index (Phi) is 3.55. The van der Waals surface area contributed by atoms with Crippen LogP contribution in [0.3, 0.4) is 0 Å². The Bertz CT molecular complexity index is 383. The fourth-order valence-electron chi connectivity index (χ4n) is 1.63. The summed E-state index contributed by atoms with van der Waals surface area (Å²) in [5.41, 5.74) is 1.84. The molecule has 0 fully saturated rings. The van der Waals surface area contributed by atoms with Gasteiger partial charge in [-0.15, -0.1) is 0 Å². The number of halogens is 1. The Morgan fingerprint density at radius 3 is 2.60 bits per heavy atom. The molecule has 0 saturated carbocycles. The van der Waals surface area contributed by atoms with Gasteiger partial charge in [-0.05, 0) is 18.6 Å². The summed E-state index contributed by atoms with van der Waals surface area (Å²) in [7, 11) is 0. The van der Waals surface area contributed by atoms with Crippen LogP contribution in [0.2, 0.25) is 0 Å². The zero-order chi connectivity index (χ0) is 11.6. The average Bonchev–Trinajstić information content (AvgIpc) is 2.06. The predicted octanol–water partition coefficient (Wildman–Crippen LogP) is 3.51. The van der Waals surface area contributed by atoms with Gasteiger partial charge < -0.3 is 5.11 Å². The van der Waals surface area contributed by atoms with E-state index in [9.17, 15) is 4.79 Å². The summed E-state index contributed by atoms with van der Waals surface area (Å²) in [6, 6.07) is 6.01. The first-order valence-electron chi connectivity index (χ1n) is 4.81. The molecule has 0 heterocycles. The van der Waals surface area contributed by atoms with Gasteiger partial charge in [-0.3, -0.25) is 4.79 Å². The highest BCUT2D eigenvalue weighted by atomic mass is 79.9. The molecule has 0 unspecified atom stereocenters. The SMILES string of the molecule is Cc1ccc(Br)c(C(C)(C)CC(=O)O)c1. The Labute approximate surface area is 98.4 Å². The van der Waals surface area contributed by atoms with E-state index in [-0.39, 0.29) is 11.8 Å². The number of benzene rings is 1. The van der Waals surface area contributed by atoms with Crippen LogP contribution < -0.4 is 0 Å². The number of carboxylic acids is 1. The number of hydrogen-bond donors (Lipinski definition) is 1. The molecule has 3 heteroatoms. The quantitative estimate of drug-likeness (QED) is 0.913. The van der Waals surface area contributed by atoms with E-state index in [2.05, 4.69) is 15.9 Å². The van der Waals surface area contributed by atoms with E-state index in [1.165, 1.54) is 0 Å². The van der Waals surface area contributed by atoms with Gasteiger partial charge in [0.05, 0.1) is 6.42 Å². The van der Waals surface area contributed by atoms with Gasteiger partial charge in [-0.1, -0.05) is 47.5 Å². The normalized spacial score (nSPS) is 11.5. The number of hydrogen-bond acceptors (Lipinski definition) is 1. The molecule has 0 aliphatic rings. The van der Waals surface area contributed by atoms with Crippen LogP contribution in [-0.2, 0) is 10.2 Å². The Morgan fingerprint density at radius 2 is 2.07 bits per heavy atom. The summed E-state index contributed by atoms with van der Waals surface area (Å²) < 4.78 is 0.972. The van der Waals surface area contributed by atoms with E-state index in [1.54, 1.807) is 0 Å². The van der Waals surface area contributed by atoms with Crippen molar-refractivity contribution in [2.75, 3.05) is 0 Å². The molecule has 0 atom stereocenters. The van der Waals surface area contributed by atoms with Crippen LogP contribution in [0, 0.1) is 6.92 Å². The highest BCUT2D eigenvalue weighted by molar-refractivity contribution is 9.10. The van der Waals surface area contributed by atoms with Gasteiger partial charge >= 0.3 is 5.97 Å². The van der Waals surface area contributed by atoms with E-state index in [0.29, 0.717) is 0 Å². The molecule has 1 N–H and O–H groups in total. The molecule has 0 radical (unpaired) electrons. The number of carboxylic acid groups (broad SMARTS) is 1. The number of aliphatic carboxylic acids is 1. The van der Waals surface area contributed by atoms with Gasteiger partial charge in [0.1, 0.15) is 0 Å². The minimum absolute atomic E-state index is 0.134. The van der Waals surface area contributed by atoms with Crippen molar-refractivity contribution >= 4 is 21.9 Å². The maximum atomic E-state index is 10.8. The highest BCUT2D eigenvalue weighted by Crippen LogP contribution is 2.33. The minimum Gasteiger partial charge on any atom is -0.481 e. The number of aryl methyl sites for hydroxylation is 1. The zero-order valence-corrected chi connectivity index (χ0v) is 10.8. The van der Waals surface area contributed by atoms with Crippen molar-refractivity contribution in [2.24, 2.45) is 0 Å². The summed E-state index contributed by atoms with van der Waals surface area (Å²) >= 11 is 3.46. The lowest BCUT2D eigenvalue weighted by Crippen LogP contribution is -2.22. The second-order valence-corrected chi connectivity index (χ2v) is 5.29. The Morgan fingerprint density at radius 1 is 1.47 bits per heavy atom. The molecule has 0 aromatic heterocycles. The molecular weight excluding hydrogens is 256 g/mol. The van der Waals surface area contributed by atoms with Crippen molar-refractivity contribution in [1.29, 1.82) is 0 Å². The van der Waals surface area contributed by atoms with E-state index < -0.39 is 5.97 Å². The molecular formula is C12H15BrO2. The molecule has 0 bridgehead atoms. The molecule has 0 aliphatic heterocycles. The van der Waals surface area contributed by atoms with Crippen LogP contribution in [0.1, 0.15) is 31.4 Å². The van der Waals surface area contributed by atoms with E-state index >= 15 is 0 Å². The summed E-state index contributed by atoms with van der Waals surface area (Å²) in [6.45, 7) is 5.90. The molecule has 0 aliphatic carbocycles. The third-order valence-electron chi connectivity index (χ3n) is 2.44. The van der Waals surface area contributed by atoms with Crippen LogP contribution in [0.4, 0.5) is 0 Å². The lowest BCUT2D eigenvalue weighted by molar-refractivity contribution is -0.138. The highest BCUT2D eigenvalue weighted by Gasteiger charge is 2.26. The molecule has 2 nitrogen and oxygen atoms in total. The van der Waals surface area contributed by atoms with Crippen molar-refractivity contribution in [1.82, 2.24) is 0 Å². The first-order valence-corrected chi connectivity index (χ1v) is 5.60. The minimum atomic E-state index is -0.770. The van der Waals surface area contributed by atoms with Crippen molar-refractivity contribution < 1.29 is 9.90 Å². The predicted molar refractivity (Wildman–Crippen MR) is 64.2 cm³/mol. The molecule has 0 amide bonds. The Balaban J connectivity index is 3.13. The largest absolute Gasteiger partial charge is 0.481 e. The topological polar surface area (TPSA) is 37.3 Å². The van der Waals surface area contributed by atoms with Crippen LogP contribution in [0.5, 0.6) is 0 Å². The Hall–Kier alpha value is -0.830. The molecule has 1 rings (SSSR count). The second kappa shape index (κ2) is 4.35. The van der Waals surface area contributed by atoms with E-state index in [0.717, 1.165) is 15.6 Å². The summed E-state index contributed by atoms with van der Waals surface area (Å²) in [5, 5.41) is 8.86. The smallest absolute Gasteiger partial charge is 0.304 e. The first kappa shape index (κ1) is 12.2. The van der Waals surface area contributed by atoms with E-state index in [4.69, 9.17) is 5.11 Å². The van der Waals surface area contributed by atoms with Crippen molar-refractivity contribution in [3.63, 3.8) is 0 Å². The first-order chi connectivity index (χ1) is 6.83. The van der Waals surface area contributed by atoms with Crippen LogP contribution in [-0.4, -0.2) is 11.1 Å². The lowest BCUT2D eigenvalue weighted by Gasteiger charge is -2.24. The van der Waals surface area contributed by atoms with Crippen molar-refractivity contribution in [3.05, 3.63) is 33.8 Å². The van der Waals surface area contributed by atoms with E-state index in [1.807, 2.05) is 39.0 Å². The molecule has 0 spiro atoms. The second-order valence-electron chi connectivity index (χ2n) is 4.44. The van der Waals surface area contributed by atoms with Gasteiger partial charge in [0.15, 0.2) is 0 Å². The molecule has 1 aromatic carbocycles. The van der Waals surface area contributed by atoms with Gasteiger partial charge in [0, 0.05) is 9.89 Å². The lowest BCUT2D eigenvalue weighted by atomic mass is 9.81. The molecule has 0 saturated heterocycles. The number of rotatable bonds is 3. The zero-order valence-electron chi connectivity index (χ0n) is 9.17. The van der Waals surface area contributed by atoms with Crippen LogP contribution in [0.15, 0.2) is 22.7 Å². The third-order valence-corrected chi connectivity index (χ3v) is 3.14. The van der Waals surface area contributed by atoms with Crippen molar-refractivity contribution in [2.45, 2.75) is 32.6 Å². The van der Waals surface area contributed by atoms with Crippen molar-refractivity contribution in [3.8, 4) is 0 Å². The molecule has 82 valence electrons. The molecule has 15 heavy (non-hydrogen) atoms. The van der Waals surface area contributed by atoms with Gasteiger partial charge in [0.25, 0.3) is 0 Å². The van der Waals surface area contributed by atoms with Crippen LogP contribution in [0.25, 0.3) is 0 Å². The van der Waals surface area contributed by atoms with Gasteiger partial charge in [-0.25, -0.2) is 0 Å². The summed E-state index contributed by atoms with van der Waals surface area (Å²) in [6.07, 6.45) is 0.134. The summed E-state index contributed by atoms with van der Waals surface area (Å²) in [5.74, 6) is -0.770. The average molecular weight is 271 g/mol. The molecule has 1 aromatic rings. The third kappa shape index (κ3) is 3.06.